The molecule has 2 aromatic carbocycles. The van der Waals surface area contributed by atoms with Crippen LogP contribution in [-0.4, -0.2) is 26.8 Å². The quantitative estimate of drug-likeness (QED) is 0.509. The lowest BCUT2D eigenvalue weighted by atomic mass is 10.2. The van der Waals surface area contributed by atoms with E-state index in [4.69, 9.17) is 11.6 Å². The highest BCUT2D eigenvalue weighted by atomic mass is 35.5. The van der Waals surface area contributed by atoms with Crippen molar-refractivity contribution in [2.75, 3.05) is 6.54 Å². The molecule has 0 fully saturated rings. The van der Waals surface area contributed by atoms with Crippen LogP contribution in [0, 0.1) is 6.92 Å². The van der Waals surface area contributed by atoms with Crippen molar-refractivity contribution >= 4 is 44.6 Å². The highest BCUT2D eigenvalue weighted by Gasteiger charge is 2.31. The summed E-state index contributed by atoms with van der Waals surface area (Å²) in [7, 11) is -3.77. The predicted octanol–water partition coefficient (Wildman–Crippen LogP) is 3.66. The topological polar surface area (TPSA) is 92.3 Å². The summed E-state index contributed by atoms with van der Waals surface area (Å²) in [6.07, 6.45) is 0. The van der Waals surface area contributed by atoms with E-state index >= 15 is 0 Å². The first-order valence-electron chi connectivity index (χ1n) is 9.42. The molecule has 3 rings (SSSR count). The van der Waals surface area contributed by atoms with Gasteiger partial charge in [0.1, 0.15) is 5.25 Å². The van der Waals surface area contributed by atoms with Gasteiger partial charge < -0.3 is 10.6 Å². The Labute approximate surface area is 190 Å². The summed E-state index contributed by atoms with van der Waals surface area (Å²) in [6, 6.07) is 16.8. The summed E-state index contributed by atoms with van der Waals surface area (Å²) in [5, 5.41) is 6.32. The molecule has 0 aliphatic carbocycles. The van der Waals surface area contributed by atoms with E-state index in [-0.39, 0.29) is 18.0 Å². The van der Waals surface area contributed by atoms with Gasteiger partial charge in [0.05, 0.1) is 4.90 Å². The first-order valence-corrected chi connectivity index (χ1v) is 12.2. The molecule has 2 amide bonds. The van der Waals surface area contributed by atoms with Gasteiger partial charge in [-0.05, 0) is 48.2 Å². The fourth-order valence-electron chi connectivity index (χ4n) is 2.86. The zero-order valence-electron chi connectivity index (χ0n) is 16.7. The van der Waals surface area contributed by atoms with Crippen molar-refractivity contribution in [3.8, 4) is 0 Å². The second-order valence-electron chi connectivity index (χ2n) is 6.88. The molecule has 0 radical (unpaired) electrons. The lowest BCUT2D eigenvalue weighted by Gasteiger charge is -2.17. The zero-order valence-corrected chi connectivity index (χ0v) is 19.1. The van der Waals surface area contributed by atoms with Crippen molar-refractivity contribution in [1.29, 1.82) is 0 Å². The molecule has 0 aliphatic rings. The van der Waals surface area contributed by atoms with Crippen LogP contribution in [0.15, 0.2) is 70.9 Å². The number of aryl methyl sites for hydroxylation is 1. The number of benzene rings is 2. The van der Waals surface area contributed by atoms with Crippen LogP contribution in [0.3, 0.4) is 0 Å². The molecule has 162 valence electrons. The lowest BCUT2D eigenvalue weighted by molar-refractivity contribution is -0.139. The molecule has 1 aromatic heterocycles. The van der Waals surface area contributed by atoms with E-state index < -0.39 is 26.9 Å². The van der Waals surface area contributed by atoms with Crippen molar-refractivity contribution in [3.05, 3.63) is 87.1 Å². The Hall–Kier alpha value is -2.68. The molecule has 31 heavy (non-hydrogen) atoms. The number of thiophene rings is 1. The van der Waals surface area contributed by atoms with Crippen LogP contribution < -0.4 is 10.6 Å². The highest BCUT2D eigenvalue weighted by molar-refractivity contribution is 7.91. The van der Waals surface area contributed by atoms with Crippen molar-refractivity contribution in [2.45, 2.75) is 23.6 Å². The van der Waals surface area contributed by atoms with Gasteiger partial charge in [0.25, 0.3) is 0 Å². The summed E-state index contributed by atoms with van der Waals surface area (Å²) in [5.41, 5.74) is 1.72. The van der Waals surface area contributed by atoms with E-state index in [0.717, 1.165) is 11.1 Å². The maximum absolute atomic E-state index is 13.2. The van der Waals surface area contributed by atoms with Gasteiger partial charge in [-0.3, -0.25) is 9.59 Å². The molecule has 0 saturated carbocycles. The molecule has 1 atom stereocenters. The zero-order chi connectivity index (χ0) is 22.4. The summed E-state index contributed by atoms with van der Waals surface area (Å²) in [4.78, 5) is 25.2. The van der Waals surface area contributed by atoms with E-state index in [1.807, 2.05) is 6.92 Å². The number of carbonyl (C=O) groups is 2. The van der Waals surface area contributed by atoms with Crippen LogP contribution in [0.5, 0.6) is 0 Å². The summed E-state index contributed by atoms with van der Waals surface area (Å²) in [5.74, 6) is -1.73. The molecule has 0 spiro atoms. The van der Waals surface area contributed by atoms with Gasteiger partial charge in [0.15, 0.2) is 9.84 Å². The molecule has 2 N–H and O–H groups in total. The third-order valence-electron chi connectivity index (χ3n) is 4.61. The van der Waals surface area contributed by atoms with Crippen molar-refractivity contribution in [2.24, 2.45) is 0 Å². The number of carbonyl (C=O) groups excluding carboxylic acids is 2. The molecule has 0 saturated heterocycles. The van der Waals surface area contributed by atoms with E-state index in [2.05, 4.69) is 10.6 Å². The van der Waals surface area contributed by atoms with Gasteiger partial charge in [-0.15, -0.1) is 11.3 Å². The average Bonchev–Trinajstić information content (AvgIpc) is 3.27. The predicted molar refractivity (Wildman–Crippen MR) is 122 cm³/mol. The minimum absolute atomic E-state index is 0.152. The van der Waals surface area contributed by atoms with Gasteiger partial charge in [0, 0.05) is 23.0 Å². The smallest absolute Gasteiger partial charge is 0.309 e. The van der Waals surface area contributed by atoms with Gasteiger partial charge >= 0.3 is 11.8 Å². The maximum Gasteiger partial charge on any atom is 0.309 e. The van der Waals surface area contributed by atoms with Gasteiger partial charge in [0.2, 0.25) is 0 Å². The summed E-state index contributed by atoms with van der Waals surface area (Å²) in [6.45, 7) is 1.80. The Morgan fingerprint density at radius 2 is 1.61 bits per heavy atom. The third kappa shape index (κ3) is 5.94. The Kier molecular flexibility index (Phi) is 7.48. The molecule has 3 aromatic rings. The minimum atomic E-state index is -3.77. The van der Waals surface area contributed by atoms with Crippen LogP contribution in [-0.2, 0) is 26.0 Å². The molecule has 0 bridgehead atoms. The number of sulfone groups is 1. The highest BCUT2D eigenvalue weighted by Crippen LogP contribution is 2.31. The average molecular weight is 477 g/mol. The Bertz CT molecular complexity index is 1140. The van der Waals surface area contributed by atoms with Crippen LogP contribution in [0.4, 0.5) is 0 Å². The van der Waals surface area contributed by atoms with Gasteiger partial charge in [-0.1, -0.05) is 47.5 Å². The SMILES string of the molecule is Cc1ccc(S(=O)(=O)[C@@H](CNC(=O)C(=O)NCc2ccc(Cl)cc2)c2cccs2)cc1. The fraction of sp³-hybridized carbons (Fsp3) is 0.182. The Balaban J connectivity index is 1.68. The summed E-state index contributed by atoms with van der Waals surface area (Å²) < 4.78 is 26.4. The van der Waals surface area contributed by atoms with Crippen LogP contribution in [0.25, 0.3) is 0 Å². The molecular formula is C22H21ClN2O4S2. The number of amides is 2. The normalized spacial score (nSPS) is 12.2. The number of rotatable bonds is 7. The van der Waals surface area contributed by atoms with Crippen LogP contribution >= 0.6 is 22.9 Å². The van der Waals surface area contributed by atoms with Crippen molar-refractivity contribution in [1.82, 2.24) is 10.6 Å². The third-order valence-corrected chi connectivity index (χ3v) is 8.09. The molecule has 1 heterocycles. The van der Waals surface area contributed by atoms with Crippen molar-refractivity contribution < 1.29 is 18.0 Å². The number of hydrogen-bond donors (Lipinski definition) is 2. The standard InChI is InChI=1S/C22H21ClN2O4S2/c1-15-4-10-18(11-5-15)31(28,29)20(19-3-2-12-30-19)14-25-22(27)21(26)24-13-16-6-8-17(23)9-7-16/h2-12,20H,13-14H2,1H3,(H,24,26)(H,25,27)/t20-/m0/s1. The second-order valence-corrected chi connectivity index (χ2v) is 10.4. The molecular weight excluding hydrogens is 456 g/mol. The van der Waals surface area contributed by atoms with Gasteiger partial charge in [-0.25, -0.2) is 8.42 Å². The van der Waals surface area contributed by atoms with Crippen LogP contribution in [0.1, 0.15) is 21.3 Å². The fourth-order valence-corrected chi connectivity index (χ4v) is 5.77. The molecule has 6 nitrogen and oxygen atoms in total. The Morgan fingerprint density at radius 3 is 2.23 bits per heavy atom. The van der Waals surface area contributed by atoms with Crippen LogP contribution in [0.2, 0.25) is 5.02 Å². The van der Waals surface area contributed by atoms with E-state index in [1.54, 1.807) is 66.0 Å². The van der Waals surface area contributed by atoms with E-state index in [0.29, 0.717) is 9.90 Å². The largest absolute Gasteiger partial charge is 0.346 e. The number of nitrogens with one attached hydrogen (secondary N) is 2. The first kappa shape index (κ1) is 23.0. The number of hydrogen-bond acceptors (Lipinski definition) is 5. The summed E-state index contributed by atoms with van der Waals surface area (Å²) >= 11 is 7.11. The number of halogens is 1. The molecule has 9 heteroatoms. The second kappa shape index (κ2) is 10.1. The Morgan fingerprint density at radius 1 is 0.968 bits per heavy atom. The van der Waals surface area contributed by atoms with E-state index in [1.165, 1.54) is 11.3 Å². The van der Waals surface area contributed by atoms with E-state index in [9.17, 15) is 18.0 Å². The first-order chi connectivity index (χ1) is 14.8. The molecule has 0 aliphatic heterocycles. The van der Waals surface area contributed by atoms with Gasteiger partial charge in [-0.2, -0.15) is 0 Å². The lowest BCUT2D eigenvalue weighted by Crippen LogP contribution is -2.42. The van der Waals surface area contributed by atoms with Crippen molar-refractivity contribution in [3.63, 3.8) is 0 Å². The minimum Gasteiger partial charge on any atom is -0.346 e. The molecule has 0 unspecified atom stereocenters. The maximum atomic E-state index is 13.2. The monoisotopic (exact) mass is 476 g/mol.